The van der Waals surface area contributed by atoms with Gasteiger partial charge < -0.3 is 11.1 Å². The number of nitrogens with one attached hydrogen (secondary N) is 1. The van der Waals surface area contributed by atoms with Gasteiger partial charge in [0.1, 0.15) is 17.5 Å². The lowest BCUT2D eigenvalue weighted by Crippen LogP contribution is -2.14. The number of hydrogen-bond acceptors (Lipinski definition) is 2. The Morgan fingerprint density at radius 1 is 1.10 bits per heavy atom. The van der Waals surface area contributed by atoms with Crippen LogP contribution in [0.15, 0.2) is 30.3 Å². The van der Waals surface area contributed by atoms with Crippen molar-refractivity contribution in [3.8, 4) is 0 Å². The monoisotopic (exact) mass is 300 g/mol. The van der Waals surface area contributed by atoms with Crippen LogP contribution in [0.3, 0.4) is 0 Å². The number of nitrogen functional groups attached to an aromatic ring is 1. The summed E-state index contributed by atoms with van der Waals surface area (Å²) in [6.45, 7) is 0. The van der Waals surface area contributed by atoms with Crippen LogP contribution in [0, 0.1) is 17.5 Å². The molecule has 2 rings (SSSR count). The first-order chi connectivity index (χ1) is 9.40. The Balaban J connectivity index is 2.33. The summed E-state index contributed by atoms with van der Waals surface area (Å²) in [6, 6.07) is 5.10. The van der Waals surface area contributed by atoms with Gasteiger partial charge in [-0.15, -0.1) is 0 Å². The van der Waals surface area contributed by atoms with Gasteiger partial charge in [0.2, 0.25) is 0 Å². The number of carbonyl (C=O) groups is 1. The molecule has 3 nitrogen and oxygen atoms in total. The number of nitrogens with two attached hydrogens (primary N) is 1. The third-order valence-electron chi connectivity index (χ3n) is 2.53. The van der Waals surface area contributed by atoms with Gasteiger partial charge >= 0.3 is 0 Å². The highest BCUT2D eigenvalue weighted by Gasteiger charge is 2.16. The van der Waals surface area contributed by atoms with Crippen molar-refractivity contribution in [3.05, 3.63) is 58.4 Å². The molecular weight excluding hydrogens is 293 g/mol. The normalized spacial score (nSPS) is 10.4. The smallest absolute Gasteiger partial charge is 0.257 e. The molecule has 0 bridgehead atoms. The van der Waals surface area contributed by atoms with Crippen LogP contribution in [0.1, 0.15) is 10.4 Å². The molecule has 0 aliphatic heterocycles. The highest BCUT2D eigenvalue weighted by atomic mass is 35.5. The minimum atomic E-state index is -1.00. The molecule has 0 aliphatic carbocycles. The Hall–Kier alpha value is -2.21. The van der Waals surface area contributed by atoms with Crippen LogP contribution < -0.4 is 11.1 Å². The van der Waals surface area contributed by atoms with E-state index < -0.39 is 23.4 Å². The van der Waals surface area contributed by atoms with Gasteiger partial charge in [0.15, 0.2) is 0 Å². The van der Waals surface area contributed by atoms with Crippen molar-refractivity contribution in [2.45, 2.75) is 0 Å². The van der Waals surface area contributed by atoms with Gasteiger partial charge in [-0.05, 0) is 18.2 Å². The highest BCUT2D eigenvalue weighted by molar-refractivity contribution is 6.34. The summed E-state index contributed by atoms with van der Waals surface area (Å²) in [7, 11) is 0. The van der Waals surface area contributed by atoms with Crippen LogP contribution in [0.25, 0.3) is 0 Å². The number of halogens is 4. The standard InChI is InChI=1S/C13H8ClF3N2O/c14-12-6(2-1-3-7(12)15)13(20)19-11-5-10(18)8(16)4-9(11)17/h1-5H,18H2,(H,19,20). The Morgan fingerprint density at radius 3 is 2.50 bits per heavy atom. The van der Waals surface area contributed by atoms with Crippen molar-refractivity contribution in [1.29, 1.82) is 0 Å². The summed E-state index contributed by atoms with van der Waals surface area (Å²) in [5.74, 6) is -3.56. The van der Waals surface area contributed by atoms with Crippen LogP contribution in [0.2, 0.25) is 5.02 Å². The van der Waals surface area contributed by atoms with Crippen molar-refractivity contribution < 1.29 is 18.0 Å². The van der Waals surface area contributed by atoms with Gasteiger partial charge in [-0.3, -0.25) is 4.79 Å². The van der Waals surface area contributed by atoms with Crippen molar-refractivity contribution in [3.63, 3.8) is 0 Å². The summed E-state index contributed by atoms with van der Waals surface area (Å²) in [5, 5.41) is 1.76. The lowest BCUT2D eigenvalue weighted by molar-refractivity contribution is 0.102. The maximum atomic E-state index is 13.5. The number of amides is 1. The van der Waals surface area contributed by atoms with E-state index in [0.717, 1.165) is 12.1 Å². The van der Waals surface area contributed by atoms with Gasteiger partial charge in [0.25, 0.3) is 5.91 Å². The van der Waals surface area contributed by atoms with Crippen molar-refractivity contribution >= 4 is 28.9 Å². The molecule has 20 heavy (non-hydrogen) atoms. The van der Waals surface area contributed by atoms with Crippen LogP contribution in [-0.4, -0.2) is 5.91 Å². The van der Waals surface area contributed by atoms with E-state index >= 15 is 0 Å². The maximum Gasteiger partial charge on any atom is 0.257 e. The molecule has 0 heterocycles. The fourth-order valence-corrected chi connectivity index (χ4v) is 1.74. The van der Waals surface area contributed by atoms with E-state index in [-0.39, 0.29) is 22.0 Å². The second-order valence-electron chi connectivity index (χ2n) is 3.91. The third-order valence-corrected chi connectivity index (χ3v) is 2.91. The van der Waals surface area contributed by atoms with E-state index in [2.05, 4.69) is 5.32 Å². The molecule has 2 aromatic carbocycles. The third kappa shape index (κ3) is 2.70. The lowest BCUT2D eigenvalue weighted by Gasteiger charge is -2.09. The Morgan fingerprint density at radius 2 is 1.80 bits per heavy atom. The molecule has 0 saturated heterocycles. The first kappa shape index (κ1) is 14.2. The molecule has 1 amide bonds. The lowest BCUT2D eigenvalue weighted by atomic mass is 10.2. The second-order valence-corrected chi connectivity index (χ2v) is 4.29. The molecule has 3 N–H and O–H groups in total. The molecule has 0 aliphatic rings. The molecule has 7 heteroatoms. The molecule has 0 saturated carbocycles. The largest absolute Gasteiger partial charge is 0.396 e. The number of carbonyl (C=O) groups excluding carboxylic acids is 1. The van der Waals surface area contributed by atoms with E-state index in [1.165, 1.54) is 12.1 Å². The SMILES string of the molecule is Nc1cc(NC(=O)c2cccc(F)c2Cl)c(F)cc1F. The van der Waals surface area contributed by atoms with Gasteiger partial charge in [0, 0.05) is 6.07 Å². The van der Waals surface area contributed by atoms with Gasteiger partial charge in [-0.1, -0.05) is 17.7 Å². The van der Waals surface area contributed by atoms with E-state index in [4.69, 9.17) is 17.3 Å². The zero-order valence-electron chi connectivity index (χ0n) is 9.88. The summed E-state index contributed by atoms with van der Waals surface area (Å²) >= 11 is 5.64. The quantitative estimate of drug-likeness (QED) is 0.833. The van der Waals surface area contributed by atoms with Gasteiger partial charge in [0.05, 0.1) is 22.0 Å². The van der Waals surface area contributed by atoms with Crippen LogP contribution in [-0.2, 0) is 0 Å². The van der Waals surface area contributed by atoms with Crippen molar-refractivity contribution in [2.75, 3.05) is 11.1 Å². The Kier molecular flexibility index (Phi) is 3.85. The number of hydrogen-bond donors (Lipinski definition) is 2. The van der Waals surface area contributed by atoms with Crippen LogP contribution in [0.5, 0.6) is 0 Å². The zero-order chi connectivity index (χ0) is 14.9. The zero-order valence-corrected chi connectivity index (χ0v) is 10.6. The Labute approximate surface area is 117 Å². The fourth-order valence-electron chi connectivity index (χ4n) is 1.53. The average Bonchev–Trinajstić information content (AvgIpc) is 2.39. The van der Waals surface area contributed by atoms with E-state index in [0.29, 0.717) is 6.07 Å². The molecule has 2 aromatic rings. The van der Waals surface area contributed by atoms with Crippen molar-refractivity contribution in [1.82, 2.24) is 0 Å². The molecule has 0 aromatic heterocycles. The summed E-state index contributed by atoms with van der Waals surface area (Å²) < 4.78 is 39.7. The minimum Gasteiger partial charge on any atom is -0.396 e. The first-order valence-corrected chi connectivity index (χ1v) is 5.78. The predicted molar refractivity (Wildman–Crippen MR) is 70.1 cm³/mol. The highest BCUT2D eigenvalue weighted by Crippen LogP contribution is 2.24. The number of rotatable bonds is 2. The van der Waals surface area contributed by atoms with Gasteiger partial charge in [-0.2, -0.15) is 0 Å². The summed E-state index contributed by atoms with van der Waals surface area (Å²) in [5.41, 5.74) is 4.46. The molecule has 0 radical (unpaired) electrons. The van der Waals surface area contributed by atoms with E-state index in [1.807, 2.05) is 0 Å². The molecule has 0 atom stereocenters. The van der Waals surface area contributed by atoms with E-state index in [9.17, 15) is 18.0 Å². The molecule has 0 spiro atoms. The predicted octanol–water partition coefficient (Wildman–Crippen LogP) is 3.59. The van der Waals surface area contributed by atoms with E-state index in [1.54, 1.807) is 0 Å². The fraction of sp³-hybridized carbons (Fsp3) is 0. The van der Waals surface area contributed by atoms with Crippen LogP contribution >= 0.6 is 11.6 Å². The number of benzene rings is 2. The van der Waals surface area contributed by atoms with Crippen LogP contribution in [0.4, 0.5) is 24.5 Å². The average molecular weight is 301 g/mol. The summed E-state index contributed by atoms with van der Waals surface area (Å²) in [6.07, 6.45) is 0. The molecule has 104 valence electrons. The maximum absolute atomic E-state index is 13.5. The Bertz CT molecular complexity index is 692. The van der Waals surface area contributed by atoms with Crippen molar-refractivity contribution in [2.24, 2.45) is 0 Å². The molecule has 0 fully saturated rings. The molecular formula is C13H8ClF3N2O. The second kappa shape index (κ2) is 5.42. The first-order valence-electron chi connectivity index (χ1n) is 5.40. The number of anilines is 2. The minimum absolute atomic E-state index is 0.172. The van der Waals surface area contributed by atoms with Gasteiger partial charge in [-0.25, -0.2) is 13.2 Å². The summed E-state index contributed by atoms with van der Waals surface area (Å²) in [4.78, 5) is 11.9. The molecule has 0 unspecified atom stereocenters. The topological polar surface area (TPSA) is 55.1 Å².